The van der Waals surface area contributed by atoms with E-state index >= 15 is 0 Å². The molecule has 28 heavy (non-hydrogen) atoms. The standard InChI is InChI=1S/C21H20F3N3O/c1-3-27(18-12-8-7-9-15(18)2)20-25-13-17(21(22,23)24)19(26-20)28-14-16-10-5-4-6-11-16/h4-13H,3,14H2,1-2H3. The lowest BCUT2D eigenvalue weighted by Gasteiger charge is -2.24. The Morgan fingerprint density at radius 3 is 2.32 bits per heavy atom. The van der Waals surface area contributed by atoms with Crippen LogP contribution in [0.4, 0.5) is 24.8 Å². The molecule has 0 saturated heterocycles. The number of benzene rings is 2. The maximum Gasteiger partial charge on any atom is 0.423 e. The number of anilines is 2. The molecule has 3 aromatic rings. The first-order chi connectivity index (χ1) is 13.4. The molecular formula is C21H20F3N3O. The van der Waals surface area contributed by atoms with E-state index in [1.54, 1.807) is 29.2 Å². The van der Waals surface area contributed by atoms with E-state index in [9.17, 15) is 13.2 Å². The number of ether oxygens (including phenoxy) is 1. The maximum atomic E-state index is 13.4. The molecule has 0 spiro atoms. The van der Waals surface area contributed by atoms with Crippen molar-refractivity contribution in [3.8, 4) is 5.88 Å². The number of hydrogen-bond donors (Lipinski definition) is 0. The number of halogens is 3. The van der Waals surface area contributed by atoms with Crippen molar-refractivity contribution in [3.05, 3.63) is 77.5 Å². The molecule has 0 aliphatic heterocycles. The van der Waals surface area contributed by atoms with Crippen LogP contribution in [0, 0.1) is 6.92 Å². The van der Waals surface area contributed by atoms with Gasteiger partial charge in [-0.05, 0) is 31.0 Å². The minimum absolute atomic E-state index is 0.0170. The summed E-state index contributed by atoms with van der Waals surface area (Å²) < 4.78 is 45.7. The second kappa shape index (κ2) is 8.29. The molecular weight excluding hydrogens is 367 g/mol. The van der Waals surface area contributed by atoms with E-state index in [0.29, 0.717) is 6.54 Å². The van der Waals surface area contributed by atoms with Crippen LogP contribution in [0.25, 0.3) is 0 Å². The zero-order chi connectivity index (χ0) is 20.1. The SMILES string of the molecule is CCN(c1ncc(C(F)(F)F)c(OCc2ccccc2)n1)c1ccccc1C. The van der Waals surface area contributed by atoms with Crippen LogP contribution >= 0.6 is 0 Å². The predicted octanol–water partition coefficient (Wildman–Crippen LogP) is 5.54. The van der Waals surface area contributed by atoms with Crippen molar-refractivity contribution < 1.29 is 17.9 Å². The Balaban J connectivity index is 1.98. The van der Waals surface area contributed by atoms with Gasteiger partial charge in [0.05, 0.1) is 0 Å². The molecule has 146 valence electrons. The molecule has 0 unspecified atom stereocenters. The highest BCUT2D eigenvalue weighted by Gasteiger charge is 2.36. The number of para-hydroxylation sites is 1. The third-order valence-corrected chi connectivity index (χ3v) is 4.23. The van der Waals surface area contributed by atoms with Crippen LogP contribution in [0.3, 0.4) is 0 Å². The van der Waals surface area contributed by atoms with Crippen LogP contribution in [0.1, 0.15) is 23.6 Å². The fourth-order valence-electron chi connectivity index (χ4n) is 2.80. The highest BCUT2D eigenvalue weighted by atomic mass is 19.4. The molecule has 0 atom stereocenters. The number of rotatable bonds is 6. The lowest BCUT2D eigenvalue weighted by Crippen LogP contribution is -2.21. The average molecular weight is 387 g/mol. The summed E-state index contributed by atoms with van der Waals surface area (Å²) in [7, 11) is 0. The van der Waals surface area contributed by atoms with E-state index < -0.39 is 17.6 Å². The molecule has 4 nitrogen and oxygen atoms in total. The molecule has 0 saturated carbocycles. The van der Waals surface area contributed by atoms with Crippen LogP contribution in [-0.4, -0.2) is 16.5 Å². The molecule has 3 rings (SSSR count). The van der Waals surface area contributed by atoms with Gasteiger partial charge in [0.2, 0.25) is 11.8 Å². The summed E-state index contributed by atoms with van der Waals surface area (Å²) in [5.41, 5.74) is 1.56. The number of aryl methyl sites for hydroxylation is 1. The van der Waals surface area contributed by atoms with Crippen molar-refractivity contribution in [1.82, 2.24) is 9.97 Å². The van der Waals surface area contributed by atoms with Gasteiger partial charge < -0.3 is 9.64 Å². The zero-order valence-corrected chi connectivity index (χ0v) is 15.6. The quantitative estimate of drug-likeness (QED) is 0.557. The molecule has 0 aliphatic rings. The van der Waals surface area contributed by atoms with Gasteiger partial charge in [-0.1, -0.05) is 48.5 Å². The van der Waals surface area contributed by atoms with Crippen LogP contribution in [0.5, 0.6) is 5.88 Å². The summed E-state index contributed by atoms with van der Waals surface area (Å²) in [5.74, 6) is -0.318. The Labute approximate surface area is 161 Å². The Bertz CT molecular complexity index is 930. The van der Waals surface area contributed by atoms with Crippen molar-refractivity contribution in [2.45, 2.75) is 26.6 Å². The Kier molecular flexibility index (Phi) is 5.82. The van der Waals surface area contributed by atoms with Crippen molar-refractivity contribution in [2.75, 3.05) is 11.4 Å². The molecule has 0 N–H and O–H groups in total. The Morgan fingerprint density at radius 2 is 1.68 bits per heavy atom. The first-order valence-electron chi connectivity index (χ1n) is 8.84. The molecule has 0 bridgehead atoms. The summed E-state index contributed by atoms with van der Waals surface area (Å²) >= 11 is 0. The number of alkyl halides is 3. The lowest BCUT2D eigenvalue weighted by atomic mass is 10.2. The molecule has 0 amide bonds. The van der Waals surface area contributed by atoms with Crippen molar-refractivity contribution in [2.24, 2.45) is 0 Å². The fourth-order valence-corrected chi connectivity index (χ4v) is 2.80. The third kappa shape index (κ3) is 4.42. The van der Waals surface area contributed by atoms with Gasteiger partial charge in [0, 0.05) is 18.4 Å². The summed E-state index contributed by atoms with van der Waals surface area (Å²) in [6.45, 7) is 4.29. The monoisotopic (exact) mass is 387 g/mol. The minimum atomic E-state index is -4.61. The van der Waals surface area contributed by atoms with E-state index in [0.717, 1.165) is 23.0 Å². The van der Waals surface area contributed by atoms with Crippen LogP contribution < -0.4 is 9.64 Å². The summed E-state index contributed by atoms with van der Waals surface area (Å²) in [4.78, 5) is 9.83. The van der Waals surface area contributed by atoms with Crippen molar-refractivity contribution in [1.29, 1.82) is 0 Å². The van der Waals surface area contributed by atoms with Crippen LogP contribution in [0.15, 0.2) is 60.8 Å². The Morgan fingerprint density at radius 1 is 1.00 bits per heavy atom. The van der Waals surface area contributed by atoms with E-state index in [1.165, 1.54) is 0 Å². The zero-order valence-electron chi connectivity index (χ0n) is 15.6. The van der Waals surface area contributed by atoms with Gasteiger partial charge in [0.15, 0.2) is 0 Å². The van der Waals surface area contributed by atoms with Crippen LogP contribution in [-0.2, 0) is 12.8 Å². The number of aromatic nitrogens is 2. The molecule has 2 aromatic carbocycles. The van der Waals surface area contributed by atoms with Gasteiger partial charge in [-0.3, -0.25) is 0 Å². The predicted molar refractivity (Wildman–Crippen MR) is 102 cm³/mol. The minimum Gasteiger partial charge on any atom is -0.472 e. The molecule has 0 radical (unpaired) electrons. The van der Waals surface area contributed by atoms with Gasteiger partial charge in [-0.25, -0.2) is 4.98 Å². The van der Waals surface area contributed by atoms with Gasteiger partial charge in [0.1, 0.15) is 12.2 Å². The Hall–Kier alpha value is -3.09. The van der Waals surface area contributed by atoms with E-state index in [2.05, 4.69) is 9.97 Å². The third-order valence-electron chi connectivity index (χ3n) is 4.23. The fraction of sp³-hybridized carbons (Fsp3) is 0.238. The normalized spacial score (nSPS) is 11.3. The smallest absolute Gasteiger partial charge is 0.423 e. The highest BCUT2D eigenvalue weighted by Crippen LogP contribution is 2.36. The number of nitrogens with zero attached hydrogens (tertiary/aromatic N) is 3. The highest BCUT2D eigenvalue weighted by molar-refractivity contribution is 5.61. The molecule has 1 heterocycles. The van der Waals surface area contributed by atoms with Gasteiger partial charge in [0.25, 0.3) is 0 Å². The van der Waals surface area contributed by atoms with Crippen LogP contribution in [0.2, 0.25) is 0 Å². The first kappa shape index (κ1) is 19.7. The van der Waals surface area contributed by atoms with Crippen molar-refractivity contribution in [3.63, 3.8) is 0 Å². The average Bonchev–Trinajstić information content (AvgIpc) is 2.68. The van der Waals surface area contributed by atoms with E-state index in [-0.39, 0.29) is 12.6 Å². The molecule has 7 heteroatoms. The summed E-state index contributed by atoms with van der Waals surface area (Å²) in [6.07, 6.45) is -3.83. The maximum absolute atomic E-state index is 13.4. The van der Waals surface area contributed by atoms with Gasteiger partial charge in [-0.15, -0.1) is 0 Å². The lowest BCUT2D eigenvalue weighted by molar-refractivity contribution is -0.139. The van der Waals surface area contributed by atoms with Gasteiger partial charge >= 0.3 is 6.18 Å². The second-order valence-electron chi connectivity index (χ2n) is 6.19. The van der Waals surface area contributed by atoms with Gasteiger partial charge in [-0.2, -0.15) is 18.2 Å². The molecule has 0 aliphatic carbocycles. The topological polar surface area (TPSA) is 38.2 Å². The number of hydrogen-bond acceptors (Lipinski definition) is 4. The summed E-state index contributed by atoms with van der Waals surface area (Å²) in [6, 6.07) is 16.5. The first-order valence-corrected chi connectivity index (χ1v) is 8.84. The van der Waals surface area contributed by atoms with E-state index in [1.807, 2.05) is 44.2 Å². The largest absolute Gasteiger partial charge is 0.472 e. The van der Waals surface area contributed by atoms with Crippen molar-refractivity contribution >= 4 is 11.6 Å². The molecule has 1 aromatic heterocycles. The van der Waals surface area contributed by atoms with E-state index in [4.69, 9.17) is 4.74 Å². The second-order valence-corrected chi connectivity index (χ2v) is 6.19. The summed E-state index contributed by atoms with van der Waals surface area (Å²) in [5, 5.41) is 0. The molecule has 0 fully saturated rings.